The van der Waals surface area contributed by atoms with Crippen LogP contribution in [0.1, 0.15) is 77.5 Å². The van der Waals surface area contributed by atoms with E-state index < -0.39 is 0 Å². The van der Waals surface area contributed by atoms with Crippen LogP contribution in [0.5, 0.6) is 0 Å². The first-order chi connectivity index (χ1) is 12.9. The molecule has 2 aliphatic carbocycles. The molecule has 0 amide bonds. The molecule has 0 saturated heterocycles. The number of rotatable bonds is 4. The second-order valence-electron chi connectivity index (χ2n) is 9.12. The number of Topliss-reactive ketones (excluding diaryl/α,β-unsaturated/α-hetero) is 1. The summed E-state index contributed by atoms with van der Waals surface area (Å²) < 4.78 is 0. The molecule has 0 spiro atoms. The Hall–Kier alpha value is -1.45. The molecule has 3 heteroatoms. The molecule has 27 heavy (non-hydrogen) atoms. The molecule has 144 valence electrons. The van der Waals surface area contributed by atoms with Gasteiger partial charge in [-0.25, -0.2) is 0 Å². The van der Waals surface area contributed by atoms with E-state index in [0.717, 1.165) is 24.9 Å². The largest absolute Gasteiger partial charge is 0.316 e. The fourth-order valence-corrected chi connectivity index (χ4v) is 6.28. The Labute approximate surface area is 167 Å². The molecule has 1 aromatic heterocycles. The fraction of sp³-hybridized carbons (Fsp3) is 0.542. The van der Waals surface area contributed by atoms with Crippen molar-refractivity contribution in [2.75, 3.05) is 7.05 Å². The highest BCUT2D eigenvalue weighted by Crippen LogP contribution is 2.46. The SMILES string of the molecule is CNCc1cc2c(cc1-c1sc3c(c1C(C)=O)CC(C)(C)CC3)CCCC2. The Morgan fingerprint density at radius 2 is 1.85 bits per heavy atom. The number of nitrogens with one attached hydrogen (secondary N) is 1. The Morgan fingerprint density at radius 1 is 1.15 bits per heavy atom. The van der Waals surface area contributed by atoms with Crippen LogP contribution in [0.2, 0.25) is 0 Å². The van der Waals surface area contributed by atoms with Crippen molar-refractivity contribution < 1.29 is 4.79 Å². The Kier molecular flexibility index (Phi) is 5.02. The van der Waals surface area contributed by atoms with Gasteiger partial charge in [0, 0.05) is 21.9 Å². The summed E-state index contributed by atoms with van der Waals surface area (Å²) in [6.45, 7) is 7.28. The van der Waals surface area contributed by atoms with E-state index >= 15 is 0 Å². The van der Waals surface area contributed by atoms with Crippen molar-refractivity contribution in [3.8, 4) is 10.4 Å². The van der Waals surface area contributed by atoms with Crippen LogP contribution in [0.25, 0.3) is 10.4 Å². The first kappa shape index (κ1) is 18.9. The Balaban J connectivity index is 1.91. The molecule has 2 aliphatic rings. The smallest absolute Gasteiger partial charge is 0.161 e. The molecular weight excluding hydrogens is 350 g/mol. The van der Waals surface area contributed by atoms with E-state index in [1.54, 1.807) is 6.92 Å². The average molecular weight is 382 g/mol. The molecule has 2 aromatic rings. The van der Waals surface area contributed by atoms with Gasteiger partial charge in [-0.05, 0) is 98.2 Å². The van der Waals surface area contributed by atoms with Crippen molar-refractivity contribution in [2.24, 2.45) is 5.41 Å². The second-order valence-corrected chi connectivity index (χ2v) is 10.2. The van der Waals surface area contributed by atoms with Crippen LogP contribution < -0.4 is 5.32 Å². The van der Waals surface area contributed by atoms with Crippen molar-refractivity contribution in [3.63, 3.8) is 0 Å². The summed E-state index contributed by atoms with van der Waals surface area (Å²) >= 11 is 1.89. The Morgan fingerprint density at radius 3 is 2.52 bits per heavy atom. The number of fused-ring (bicyclic) bond motifs is 2. The number of carbonyl (C=O) groups excluding carboxylic acids is 1. The summed E-state index contributed by atoms with van der Waals surface area (Å²) in [7, 11) is 2.01. The maximum atomic E-state index is 12.7. The van der Waals surface area contributed by atoms with Crippen LogP contribution in [0.15, 0.2) is 12.1 Å². The zero-order valence-corrected chi connectivity index (χ0v) is 17.9. The molecule has 1 N–H and O–H groups in total. The van der Waals surface area contributed by atoms with Crippen molar-refractivity contribution in [3.05, 3.63) is 44.8 Å². The highest BCUT2D eigenvalue weighted by molar-refractivity contribution is 7.16. The number of thiophene rings is 1. The van der Waals surface area contributed by atoms with Crippen LogP contribution in [-0.2, 0) is 32.2 Å². The molecule has 1 aromatic carbocycles. The maximum Gasteiger partial charge on any atom is 0.161 e. The molecule has 4 rings (SSSR count). The topological polar surface area (TPSA) is 29.1 Å². The first-order valence-electron chi connectivity index (χ1n) is 10.3. The van der Waals surface area contributed by atoms with Gasteiger partial charge in [0.2, 0.25) is 0 Å². The van der Waals surface area contributed by atoms with E-state index in [1.807, 2.05) is 18.4 Å². The first-order valence-corrected chi connectivity index (χ1v) is 11.2. The van der Waals surface area contributed by atoms with Gasteiger partial charge in [-0.3, -0.25) is 4.79 Å². The molecule has 0 atom stereocenters. The number of ketones is 1. The lowest BCUT2D eigenvalue weighted by Gasteiger charge is -2.29. The van der Waals surface area contributed by atoms with E-state index in [-0.39, 0.29) is 5.78 Å². The van der Waals surface area contributed by atoms with E-state index in [4.69, 9.17) is 0 Å². The highest BCUT2D eigenvalue weighted by Gasteiger charge is 2.32. The van der Waals surface area contributed by atoms with Crippen molar-refractivity contribution in [2.45, 2.75) is 72.3 Å². The third-order valence-corrected chi connectivity index (χ3v) is 7.63. The fourth-order valence-electron chi connectivity index (χ4n) is 4.87. The Bertz CT molecular complexity index is 890. The van der Waals surface area contributed by atoms with Gasteiger partial charge in [0.15, 0.2) is 5.78 Å². The van der Waals surface area contributed by atoms with Gasteiger partial charge in [0.1, 0.15) is 0 Å². The number of benzene rings is 1. The molecule has 0 bridgehead atoms. The molecule has 0 unspecified atom stereocenters. The third kappa shape index (κ3) is 3.52. The van der Waals surface area contributed by atoms with Crippen molar-refractivity contribution >= 4 is 17.1 Å². The highest BCUT2D eigenvalue weighted by atomic mass is 32.1. The zero-order chi connectivity index (χ0) is 19.2. The average Bonchev–Trinajstić information content (AvgIpc) is 2.98. The predicted molar refractivity (Wildman–Crippen MR) is 115 cm³/mol. The molecule has 0 fully saturated rings. The lowest BCUT2D eigenvalue weighted by molar-refractivity contribution is 0.101. The minimum atomic E-state index is 0.230. The van der Waals surface area contributed by atoms with E-state index in [2.05, 4.69) is 31.3 Å². The van der Waals surface area contributed by atoms with Crippen LogP contribution in [-0.4, -0.2) is 12.8 Å². The molecule has 0 radical (unpaired) electrons. The summed E-state index contributed by atoms with van der Waals surface area (Å²) in [6, 6.07) is 4.82. The lowest BCUT2D eigenvalue weighted by Crippen LogP contribution is -2.22. The summed E-state index contributed by atoms with van der Waals surface area (Å²) in [4.78, 5) is 15.4. The van der Waals surface area contributed by atoms with Crippen molar-refractivity contribution in [1.29, 1.82) is 0 Å². The van der Waals surface area contributed by atoms with Crippen LogP contribution in [0, 0.1) is 5.41 Å². The van der Waals surface area contributed by atoms with Gasteiger partial charge in [-0.1, -0.05) is 19.9 Å². The standard InChI is InChI=1S/C24H31NOS/c1-15(26)22-20-13-24(2,3)10-9-21(20)27-23(22)19-12-17-8-6-5-7-16(17)11-18(19)14-25-4/h11-12,25H,5-10,13-14H2,1-4H3. The predicted octanol–water partition coefficient (Wildman–Crippen LogP) is 5.73. The third-order valence-electron chi connectivity index (χ3n) is 6.31. The summed E-state index contributed by atoms with van der Waals surface area (Å²) in [5.41, 5.74) is 8.30. The maximum absolute atomic E-state index is 12.7. The van der Waals surface area contributed by atoms with Gasteiger partial charge in [0.05, 0.1) is 0 Å². The molecule has 0 aliphatic heterocycles. The van der Waals surface area contributed by atoms with E-state index in [0.29, 0.717) is 5.41 Å². The van der Waals surface area contributed by atoms with Crippen LogP contribution in [0.3, 0.4) is 0 Å². The van der Waals surface area contributed by atoms with Gasteiger partial charge >= 0.3 is 0 Å². The van der Waals surface area contributed by atoms with Gasteiger partial charge in [-0.15, -0.1) is 11.3 Å². The molecule has 0 saturated carbocycles. The van der Waals surface area contributed by atoms with Crippen LogP contribution in [0.4, 0.5) is 0 Å². The second kappa shape index (κ2) is 7.18. The van der Waals surface area contributed by atoms with Gasteiger partial charge in [-0.2, -0.15) is 0 Å². The van der Waals surface area contributed by atoms with Gasteiger partial charge < -0.3 is 5.32 Å². The minimum Gasteiger partial charge on any atom is -0.316 e. The monoisotopic (exact) mass is 381 g/mol. The summed E-state index contributed by atoms with van der Waals surface area (Å²) in [6.07, 6.45) is 8.31. The number of aryl methyl sites for hydroxylation is 3. The number of carbonyl (C=O) groups is 1. The molecular formula is C24H31NOS. The summed E-state index contributed by atoms with van der Waals surface area (Å²) in [5.74, 6) is 0.230. The van der Waals surface area contributed by atoms with E-state index in [1.165, 1.54) is 69.7 Å². The zero-order valence-electron chi connectivity index (χ0n) is 17.1. The molecule has 2 nitrogen and oxygen atoms in total. The lowest BCUT2D eigenvalue weighted by atomic mass is 9.75. The number of hydrogen-bond donors (Lipinski definition) is 1. The van der Waals surface area contributed by atoms with Gasteiger partial charge in [0.25, 0.3) is 0 Å². The van der Waals surface area contributed by atoms with E-state index in [9.17, 15) is 4.79 Å². The van der Waals surface area contributed by atoms with Crippen molar-refractivity contribution in [1.82, 2.24) is 5.32 Å². The number of hydrogen-bond acceptors (Lipinski definition) is 3. The normalized spacial score (nSPS) is 18.1. The van der Waals surface area contributed by atoms with Crippen LogP contribution >= 0.6 is 11.3 Å². The summed E-state index contributed by atoms with van der Waals surface area (Å²) in [5, 5.41) is 3.34. The quantitative estimate of drug-likeness (QED) is 0.685. The molecule has 1 heterocycles. The minimum absolute atomic E-state index is 0.230.